The monoisotopic (exact) mass is 196 g/mol. The number of nitrogens with one attached hydrogen (secondary N) is 1. The SMILES string of the molecule is CCCNCc1ccn(CC(C)O)c1. The van der Waals surface area contributed by atoms with Gasteiger partial charge in [0.15, 0.2) is 0 Å². The summed E-state index contributed by atoms with van der Waals surface area (Å²) in [5.41, 5.74) is 1.28. The molecule has 0 aliphatic rings. The fourth-order valence-corrected chi connectivity index (χ4v) is 1.42. The zero-order chi connectivity index (χ0) is 10.4. The molecule has 0 aliphatic heterocycles. The Hall–Kier alpha value is -0.800. The van der Waals surface area contributed by atoms with Crippen molar-refractivity contribution < 1.29 is 5.11 Å². The second-order valence-corrected chi connectivity index (χ2v) is 3.74. The molecule has 0 saturated carbocycles. The average molecular weight is 196 g/mol. The number of nitrogens with zero attached hydrogens (tertiary/aromatic N) is 1. The Bertz CT molecular complexity index is 256. The summed E-state index contributed by atoms with van der Waals surface area (Å²) in [5, 5.41) is 12.5. The van der Waals surface area contributed by atoms with Crippen LogP contribution in [0.25, 0.3) is 0 Å². The maximum absolute atomic E-state index is 9.19. The molecule has 14 heavy (non-hydrogen) atoms. The molecule has 0 amide bonds. The summed E-state index contributed by atoms with van der Waals surface area (Å²) in [5.74, 6) is 0. The predicted molar refractivity (Wildman–Crippen MR) is 58.1 cm³/mol. The van der Waals surface area contributed by atoms with Gasteiger partial charge in [0.1, 0.15) is 0 Å². The van der Waals surface area contributed by atoms with Crippen molar-refractivity contribution in [3.8, 4) is 0 Å². The lowest BCUT2D eigenvalue weighted by Gasteiger charge is -2.04. The molecule has 0 saturated heterocycles. The van der Waals surface area contributed by atoms with E-state index in [0.717, 1.165) is 19.5 Å². The zero-order valence-electron chi connectivity index (χ0n) is 9.03. The van der Waals surface area contributed by atoms with Crippen LogP contribution in [0.4, 0.5) is 0 Å². The van der Waals surface area contributed by atoms with Gasteiger partial charge in [-0.1, -0.05) is 6.92 Å². The first-order valence-corrected chi connectivity index (χ1v) is 5.25. The van der Waals surface area contributed by atoms with E-state index in [4.69, 9.17) is 0 Å². The summed E-state index contributed by atoms with van der Waals surface area (Å²) >= 11 is 0. The third-order valence-electron chi connectivity index (χ3n) is 2.04. The Morgan fingerprint density at radius 3 is 3.00 bits per heavy atom. The van der Waals surface area contributed by atoms with E-state index in [1.54, 1.807) is 6.92 Å². The van der Waals surface area contributed by atoms with Crippen molar-refractivity contribution in [1.82, 2.24) is 9.88 Å². The molecule has 1 heterocycles. The van der Waals surface area contributed by atoms with Crippen LogP contribution < -0.4 is 5.32 Å². The van der Waals surface area contributed by atoms with Crippen LogP contribution in [0.3, 0.4) is 0 Å². The number of hydrogen-bond donors (Lipinski definition) is 2. The highest BCUT2D eigenvalue weighted by Crippen LogP contribution is 2.02. The molecule has 1 aromatic heterocycles. The van der Waals surface area contributed by atoms with E-state index in [9.17, 15) is 5.11 Å². The van der Waals surface area contributed by atoms with Crippen LogP contribution in [0.2, 0.25) is 0 Å². The van der Waals surface area contributed by atoms with Crippen LogP contribution in [-0.4, -0.2) is 22.3 Å². The van der Waals surface area contributed by atoms with E-state index in [2.05, 4.69) is 24.5 Å². The van der Waals surface area contributed by atoms with Gasteiger partial charge in [-0.05, 0) is 31.5 Å². The lowest BCUT2D eigenvalue weighted by Crippen LogP contribution is -2.13. The normalized spacial score (nSPS) is 13.1. The lowest BCUT2D eigenvalue weighted by atomic mass is 10.3. The highest BCUT2D eigenvalue weighted by atomic mass is 16.3. The van der Waals surface area contributed by atoms with Gasteiger partial charge >= 0.3 is 0 Å². The minimum atomic E-state index is -0.279. The number of hydrogen-bond acceptors (Lipinski definition) is 2. The Balaban J connectivity index is 2.35. The van der Waals surface area contributed by atoms with E-state index < -0.39 is 0 Å². The van der Waals surface area contributed by atoms with Gasteiger partial charge in [0.05, 0.1) is 6.10 Å². The second kappa shape index (κ2) is 5.83. The third-order valence-corrected chi connectivity index (χ3v) is 2.04. The van der Waals surface area contributed by atoms with Gasteiger partial charge in [-0.3, -0.25) is 0 Å². The van der Waals surface area contributed by atoms with E-state index >= 15 is 0 Å². The fourth-order valence-electron chi connectivity index (χ4n) is 1.42. The number of aliphatic hydroxyl groups is 1. The Labute approximate surface area is 85.7 Å². The van der Waals surface area contributed by atoms with Gasteiger partial charge in [-0.25, -0.2) is 0 Å². The molecule has 0 bridgehead atoms. The van der Waals surface area contributed by atoms with Gasteiger partial charge in [-0.15, -0.1) is 0 Å². The maximum atomic E-state index is 9.19. The number of aromatic nitrogens is 1. The summed E-state index contributed by atoms with van der Waals surface area (Å²) in [6.07, 6.45) is 4.97. The summed E-state index contributed by atoms with van der Waals surface area (Å²) < 4.78 is 2.02. The first-order valence-electron chi connectivity index (χ1n) is 5.25. The van der Waals surface area contributed by atoms with E-state index in [1.165, 1.54) is 5.56 Å². The van der Waals surface area contributed by atoms with Gasteiger partial charge in [0.2, 0.25) is 0 Å². The van der Waals surface area contributed by atoms with Crippen LogP contribution in [-0.2, 0) is 13.1 Å². The van der Waals surface area contributed by atoms with Gasteiger partial charge in [-0.2, -0.15) is 0 Å². The molecule has 80 valence electrons. The Morgan fingerprint density at radius 1 is 1.57 bits per heavy atom. The lowest BCUT2D eigenvalue weighted by molar-refractivity contribution is 0.173. The van der Waals surface area contributed by atoms with Crippen LogP contribution >= 0.6 is 0 Å². The molecular weight excluding hydrogens is 176 g/mol. The molecule has 1 unspecified atom stereocenters. The number of rotatable bonds is 6. The van der Waals surface area contributed by atoms with Crippen molar-refractivity contribution >= 4 is 0 Å². The minimum Gasteiger partial charge on any atom is -0.392 e. The van der Waals surface area contributed by atoms with E-state index in [1.807, 2.05) is 10.8 Å². The molecule has 1 rings (SSSR count). The van der Waals surface area contributed by atoms with Crippen molar-refractivity contribution in [2.75, 3.05) is 6.54 Å². The van der Waals surface area contributed by atoms with Crippen LogP contribution in [0.1, 0.15) is 25.8 Å². The standard InChI is InChI=1S/C11H20N2O/c1-3-5-12-7-11-4-6-13(9-11)8-10(2)14/h4,6,9-10,12,14H,3,5,7-8H2,1-2H3. The molecule has 0 fully saturated rings. The van der Waals surface area contributed by atoms with Crippen molar-refractivity contribution in [3.63, 3.8) is 0 Å². The number of aliphatic hydroxyl groups excluding tert-OH is 1. The molecule has 1 atom stereocenters. The molecule has 1 aromatic rings. The van der Waals surface area contributed by atoms with Gasteiger partial charge in [0.25, 0.3) is 0 Å². The largest absolute Gasteiger partial charge is 0.392 e. The highest BCUT2D eigenvalue weighted by Gasteiger charge is 1.99. The summed E-state index contributed by atoms with van der Waals surface area (Å²) in [6.45, 7) is 6.61. The summed E-state index contributed by atoms with van der Waals surface area (Å²) in [6, 6.07) is 2.09. The smallest absolute Gasteiger partial charge is 0.0690 e. The molecule has 0 aromatic carbocycles. The molecule has 3 heteroatoms. The van der Waals surface area contributed by atoms with Crippen LogP contribution in [0, 0.1) is 0 Å². The molecule has 2 N–H and O–H groups in total. The minimum absolute atomic E-state index is 0.279. The first-order chi connectivity index (χ1) is 6.72. The van der Waals surface area contributed by atoms with Crippen LogP contribution in [0.5, 0.6) is 0 Å². The predicted octanol–water partition coefficient (Wildman–Crippen LogP) is 1.37. The molecule has 0 radical (unpaired) electrons. The van der Waals surface area contributed by atoms with Crippen molar-refractivity contribution in [2.24, 2.45) is 0 Å². The molecular formula is C11H20N2O. The molecule has 3 nitrogen and oxygen atoms in total. The Kier molecular flexibility index (Phi) is 4.70. The average Bonchev–Trinajstić information content (AvgIpc) is 2.52. The van der Waals surface area contributed by atoms with Crippen molar-refractivity contribution in [2.45, 2.75) is 39.5 Å². The first kappa shape index (κ1) is 11.3. The second-order valence-electron chi connectivity index (χ2n) is 3.74. The van der Waals surface area contributed by atoms with E-state index in [-0.39, 0.29) is 6.10 Å². The molecule has 0 aliphatic carbocycles. The third kappa shape index (κ3) is 3.94. The zero-order valence-corrected chi connectivity index (χ0v) is 9.03. The summed E-state index contributed by atoms with van der Waals surface area (Å²) in [7, 11) is 0. The topological polar surface area (TPSA) is 37.2 Å². The quantitative estimate of drug-likeness (QED) is 0.674. The van der Waals surface area contributed by atoms with Crippen LogP contribution in [0.15, 0.2) is 18.5 Å². The highest BCUT2D eigenvalue weighted by molar-refractivity contribution is 5.09. The van der Waals surface area contributed by atoms with Crippen molar-refractivity contribution in [3.05, 3.63) is 24.0 Å². The Morgan fingerprint density at radius 2 is 2.36 bits per heavy atom. The molecule has 0 spiro atoms. The fraction of sp³-hybridized carbons (Fsp3) is 0.636. The van der Waals surface area contributed by atoms with Gasteiger partial charge < -0.3 is 15.0 Å². The van der Waals surface area contributed by atoms with E-state index in [0.29, 0.717) is 6.54 Å². The summed E-state index contributed by atoms with van der Waals surface area (Å²) in [4.78, 5) is 0. The van der Waals surface area contributed by atoms with Crippen molar-refractivity contribution in [1.29, 1.82) is 0 Å². The maximum Gasteiger partial charge on any atom is 0.0690 e. The van der Waals surface area contributed by atoms with Gasteiger partial charge in [0, 0.05) is 25.5 Å².